The molecule has 0 radical (unpaired) electrons. The number of aldehydes is 1. The molecule has 9 nitrogen and oxygen atoms in total. The third-order valence-corrected chi connectivity index (χ3v) is 10.1. The highest BCUT2D eigenvalue weighted by Crippen LogP contribution is 2.30. The Kier molecular flexibility index (Phi) is 10.7. The lowest BCUT2D eigenvalue weighted by molar-refractivity contribution is -0.150. The largest absolute Gasteiger partial charge is 0.463 e. The predicted molar refractivity (Wildman–Crippen MR) is 175 cm³/mol. The fourth-order valence-electron chi connectivity index (χ4n) is 7.19. The van der Waals surface area contributed by atoms with Crippen molar-refractivity contribution >= 4 is 46.4 Å². The van der Waals surface area contributed by atoms with Crippen LogP contribution >= 0.6 is 11.6 Å². The van der Waals surface area contributed by atoms with Crippen molar-refractivity contribution in [3.63, 3.8) is 0 Å². The number of hydrogen-bond acceptors (Lipinski definition) is 7. The molecule has 1 aromatic heterocycles. The van der Waals surface area contributed by atoms with Gasteiger partial charge >= 0.3 is 6.18 Å². The first kappa shape index (κ1) is 34.4. The Bertz CT molecular complexity index is 1600. The Hall–Kier alpha value is -3.45. The smallest absolute Gasteiger partial charge is 0.401 e. The van der Waals surface area contributed by atoms with E-state index in [1.165, 1.54) is 11.2 Å². The Morgan fingerprint density at radius 2 is 1.79 bits per heavy atom. The van der Waals surface area contributed by atoms with Crippen LogP contribution in [0.1, 0.15) is 48.0 Å². The lowest BCUT2D eigenvalue weighted by Gasteiger charge is -2.38. The molecule has 0 unspecified atom stereocenters. The molecule has 0 bridgehead atoms. The summed E-state index contributed by atoms with van der Waals surface area (Å²) >= 11 is 6.57. The molecule has 2 aliphatic heterocycles. The number of nitrogens with one attached hydrogen (secondary N) is 1. The van der Waals surface area contributed by atoms with Crippen LogP contribution in [-0.2, 0) is 20.7 Å². The van der Waals surface area contributed by atoms with Crippen molar-refractivity contribution < 1.29 is 36.7 Å². The molecule has 48 heavy (non-hydrogen) atoms. The zero-order chi connectivity index (χ0) is 33.8. The molecule has 2 aromatic carbocycles. The highest BCUT2D eigenvalue weighted by molar-refractivity contribution is 6.34. The predicted octanol–water partition coefficient (Wildman–Crippen LogP) is 5.80. The molecule has 1 N–H and O–H groups in total. The van der Waals surface area contributed by atoms with Gasteiger partial charge in [0.25, 0.3) is 5.91 Å². The lowest BCUT2D eigenvalue weighted by Crippen LogP contribution is -2.52. The molecule has 0 spiro atoms. The summed E-state index contributed by atoms with van der Waals surface area (Å²) in [6, 6.07) is 12.2. The zero-order valence-electron chi connectivity index (χ0n) is 26.6. The van der Waals surface area contributed by atoms with Crippen LogP contribution in [0.5, 0.6) is 0 Å². The molecule has 13 heteroatoms. The highest BCUT2D eigenvalue weighted by atomic mass is 35.5. The number of carbonyl (C=O) groups is 3. The third kappa shape index (κ3) is 8.39. The van der Waals surface area contributed by atoms with Crippen LogP contribution in [0.15, 0.2) is 53.1 Å². The van der Waals surface area contributed by atoms with E-state index in [1.807, 2.05) is 17.0 Å². The molecule has 2 amide bonds. The van der Waals surface area contributed by atoms with E-state index in [0.29, 0.717) is 78.6 Å². The Labute approximate surface area is 282 Å². The van der Waals surface area contributed by atoms with Gasteiger partial charge in [0, 0.05) is 50.1 Å². The van der Waals surface area contributed by atoms with Crippen molar-refractivity contribution in [2.24, 2.45) is 5.92 Å². The van der Waals surface area contributed by atoms with Crippen molar-refractivity contribution in [3.05, 3.63) is 64.9 Å². The number of alkyl halides is 3. The summed E-state index contributed by atoms with van der Waals surface area (Å²) in [6.07, 6.45) is 2.17. The third-order valence-electron chi connectivity index (χ3n) is 9.84. The number of halogens is 4. The average Bonchev–Trinajstić information content (AvgIpc) is 3.70. The number of para-hydroxylation sites is 1. The Morgan fingerprint density at radius 3 is 2.50 bits per heavy atom. The molecular formula is C35H40ClF3N4O5. The van der Waals surface area contributed by atoms with E-state index in [0.717, 1.165) is 32.0 Å². The maximum atomic E-state index is 13.8. The minimum absolute atomic E-state index is 0.0153. The van der Waals surface area contributed by atoms with Crippen LogP contribution < -0.4 is 5.32 Å². The second-order valence-corrected chi connectivity index (χ2v) is 13.5. The number of carbonyl (C=O) groups excluding carboxylic acids is 3. The van der Waals surface area contributed by atoms with Gasteiger partial charge in [0.15, 0.2) is 0 Å². The quantitative estimate of drug-likeness (QED) is 0.269. The first-order valence-corrected chi connectivity index (χ1v) is 16.9. The Morgan fingerprint density at radius 1 is 1.04 bits per heavy atom. The summed E-state index contributed by atoms with van der Waals surface area (Å²) < 4.78 is 50.6. The molecule has 3 heterocycles. The van der Waals surface area contributed by atoms with Crippen molar-refractivity contribution in [1.82, 2.24) is 14.7 Å². The van der Waals surface area contributed by atoms with E-state index >= 15 is 0 Å². The van der Waals surface area contributed by atoms with Crippen molar-refractivity contribution in [2.75, 3.05) is 51.2 Å². The van der Waals surface area contributed by atoms with Gasteiger partial charge in [-0.05, 0) is 55.9 Å². The van der Waals surface area contributed by atoms with Gasteiger partial charge in [-0.1, -0.05) is 35.9 Å². The number of amides is 2. The standard InChI is InChI=1S/C35H40ClF3N4O5/c36-30-15-24(7-10-31(30)40-34(46)29-21-48-32-4-2-1-3-28(29)32)16-33(45)43-18-25(42-13-11-41(12-14-42)22-35(37,38)39)17-26(43)20-47-27-8-5-23(19-44)6-9-27/h1-4,7,10,15,19,21,23,25-27H,5-6,8-9,11-14,16-18,20,22H2,(H,40,46)/t23?,25-,26-,27?/m0/s1. The molecule has 3 aromatic rings. The zero-order valence-corrected chi connectivity index (χ0v) is 27.3. The van der Waals surface area contributed by atoms with Crippen LogP contribution in [-0.4, -0.2) is 103 Å². The molecule has 1 saturated carbocycles. The number of furan rings is 1. The van der Waals surface area contributed by atoms with Gasteiger partial charge in [-0.25, -0.2) is 0 Å². The molecule has 258 valence electrons. The molecule has 3 aliphatic rings. The van der Waals surface area contributed by atoms with Gasteiger partial charge in [0.2, 0.25) is 5.91 Å². The number of benzene rings is 2. The normalized spacial score (nSPS) is 24.2. The average molecular weight is 689 g/mol. The van der Waals surface area contributed by atoms with Crippen LogP contribution in [0.4, 0.5) is 18.9 Å². The molecule has 2 saturated heterocycles. The first-order chi connectivity index (χ1) is 23.1. The minimum atomic E-state index is -4.23. The summed E-state index contributed by atoms with van der Waals surface area (Å²) in [5.74, 6) is -0.383. The van der Waals surface area contributed by atoms with Crippen molar-refractivity contribution in [2.45, 2.75) is 62.9 Å². The van der Waals surface area contributed by atoms with E-state index in [-0.39, 0.29) is 42.3 Å². The molecular weight excluding hydrogens is 649 g/mol. The van der Waals surface area contributed by atoms with Crippen LogP contribution in [0, 0.1) is 5.92 Å². The maximum absolute atomic E-state index is 13.8. The van der Waals surface area contributed by atoms with E-state index in [1.54, 1.807) is 30.3 Å². The van der Waals surface area contributed by atoms with E-state index in [4.69, 9.17) is 20.8 Å². The summed E-state index contributed by atoms with van der Waals surface area (Å²) in [6.45, 7) is 1.56. The molecule has 1 aliphatic carbocycles. The van der Waals surface area contributed by atoms with Gasteiger partial charge in [-0.2, -0.15) is 13.2 Å². The van der Waals surface area contributed by atoms with Crippen LogP contribution in [0.2, 0.25) is 5.02 Å². The SMILES string of the molecule is O=CC1CCC(OC[C@@H]2C[C@H](N3CCN(CC(F)(F)F)CC3)CN2C(=O)Cc2ccc(NC(=O)c3coc4ccccc34)c(Cl)c2)CC1. The molecule has 3 fully saturated rings. The maximum Gasteiger partial charge on any atom is 0.401 e. The number of rotatable bonds is 10. The summed E-state index contributed by atoms with van der Waals surface area (Å²) in [7, 11) is 0. The number of fused-ring (bicyclic) bond motifs is 1. The molecule has 2 atom stereocenters. The van der Waals surface area contributed by atoms with Crippen molar-refractivity contribution in [1.29, 1.82) is 0 Å². The number of anilines is 1. The van der Waals surface area contributed by atoms with E-state index < -0.39 is 12.7 Å². The summed E-state index contributed by atoms with van der Waals surface area (Å²) in [4.78, 5) is 43.4. The van der Waals surface area contributed by atoms with Gasteiger partial charge in [-0.3, -0.25) is 19.4 Å². The van der Waals surface area contributed by atoms with Crippen molar-refractivity contribution in [3.8, 4) is 0 Å². The number of likely N-dealkylation sites (tertiary alicyclic amines) is 1. The fraction of sp³-hybridized carbons (Fsp3) is 0.514. The lowest BCUT2D eigenvalue weighted by atomic mass is 9.88. The van der Waals surface area contributed by atoms with Gasteiger partial charge in [-0.15, -0.1) is 0 Å². The Balaban J connectivity index is 1.09. The number of ether oxygens (including phenoxy) is 1. The number of piperazine rings is 1. The second kappa shape index (κ2) is 15.0. The summed E-state index contributed by atoms with van der Waals surface area (Å²) in [5.41, 5.74) is 2.08. The van der Waals surface area contributed by atoms with Gasteiger partial charge in [0.1, 0.15) is 18.1 Å². The van der Waals surface area contributed by atoms with Crippen LogP contribution in [0.25, 0.3) is 11.0 Å². The van der Waals surface area contributed by atoms with Gasteiger partial charge < -0.3 is 24.2 Å². The van der Waals surface area contributed by atoms with E-state index in [9.17, 15) is 27.6 Å². The second-order valence-electron chi connectivity index (χ2n) is 13.1. The number of nitrogens with zero attached hydrogens (tertiary/aromatic N) is 3. The minimum Gasteiger partial charge on any atom is -0.463 e. The fourth-order valence-corrected chi connectivity index (χ4v) is 7.44. The topological polar surface area (TPSA) is 95.3 Å². The van der Waals surface area contributed by atoms with Crippen LogP contribution in [0.3, 0.4) is 0 Å². The monoisotopic (exact) mass is 688 g/mol. The first-order valence-electron chi connectivity index (χ1n) is 16.5. The number of hydrogen-bond donors (Lipinski definition) is 1. The summed E-state index contributed by atoms with van der Waals surface area (Å²) in [5, 5.41) is 3.81. The van der Waals surface area contributed by atoms with E-state index in [2.05, 4.69) is 10.2 Å². The van der Waals surface area contributed by atoms with Gasteiger partial charge in [0.05, 0.1) is 48.0 Å². The highest BCUT2D eigenvalue weighted by Gasteiger charge is 2.40. The molecule has 6 rings (SSSR count).